The van der Waals surface area contributed by atoms with Crippen molar-refractivity contribution in [2.75, 3.05) is 0 Å². The van der Waals surface area contributed by atoms with E-state index in [9.17, 15) is 19.6 Å². The summed E-state index contributed by atoms with van der Waals surface area (Å²) in [4.78, 5) is 41.6. The number of aromatic nitrogens is 2. The summed E-state index contributed by atoms with van der Waals surface area (Å²) in [5, 5.41) is 13.2. The first-order valence-corrected chi connectivity index (χ1v) is 6.31. The lowest BCUT2D eigenvalue weighted by molar-refractivity contribution is -0.133. The molecule has 8 nitrogen and oxygen atoms in total. The van der Waals surface area contributed by atoms with Crippen molar-refractivity contribution in [2.45, 2.75) is 0 Å². The number of imide groups is 2. The van der Waals surface area contributed by atoms with Crippen LogP contribution in [0.4, 0.5) is 4.79 Å². The highest BCUT2D eigenvalue weighted by molar-refractivity contribution is 6.17. The van der Waals surface area contributed by atoms with Crippen molar-refractivity contribution in [2.24, 2.45) is 5.92 Å². The van der Waals surface area contributed by atoms with Gasteiger partial charge < -0.3 is 4.98 Å². The van der Waals surface area contributed by atoms with E-state index in [1.54, 1.807) is 18.2 Å². The Labute approximate surface area is 123 Å². The van der Waals surface area contributed by atoms with E-state index in [-0.39, 0.29) is 11.4 Å². The molecule has 3 N–H and O–H groups in total. The Morgan fingerprint density at radius 3 is 2.50 bits per heavy atom. The molecule has 0 unspecified atom stereocenters. The molecule has 108 valence electrons. The van der Waals surface area contributed by atoms with Crippen LogP contribution in [0.1, 0.15) is 5.82 Å². The van der Waals surface area contributed by atoms with Gasteiger partial charge in [0.05, 0.1) is 16.6 Å². The zero-order chi connectivity index (χ0) is 15.7. The van der Waals surface area contributed by atoms with Crippen molar-refractivity contribution in [3.05, 3.63) is 36.2 Å². The van der Waals surface area contributed by atoms with Gasteiger partial charge in [0, 0.05) is 0 Å². The molecular weight excluding hydrogens is 286 g/mol. The highest BCUT2D eigenvalue weighted by atomic mass is 16.2. The SMILES string of the molecule is N#C/C(=C/C1C(=O)NC(=O)NC1=O)c1nc2ccccc2[nH]1. The van der Waals surface area contributed by atoms with Gasteiger partial charge in [0.1, 0.15) is 17.8 Å². The molecule has 1 aromatic carbocycles. The molecule has 2 aromatic rings. The van der Waals surface area contributed by atoms with Gasteiger partial charge in [-0.15, -0.1) is 0 Å². The number of hydrogen-bond donors (Lipinski definition) is 3. The van der Waals surface area contributed by atoms with Crippen molar-refractivity contribution >= 4 is 34.5 Å². The van der Waals surface area contributed by atoms with Gasteiger partial charge in [0.25, 0.3) is 0 Å². The fraction of sp³-hybridized carbons (Fsp3) is 0.0714. The van der Waals surface area contributed by atoms with Crippen LogP contribution in [0.25, 0.3) is 16.6 Å². The molecule has 1 aromatic heterocycles. The van der Waals surface area contributed by atoms with Gasteiger partial charge in [-0.3, -0.25) is 20.2 Å². The summed E-state index contributed by atoms with van der Waals surface area (Å²) in [6, 6.07) is 8.20. The Kier molecular flexibility index (Phi) is 3.16. The highest BCUT2D eigenvalue weighted by Gasteiger charge is 2.33. The van der Waals surface area contributed by atoms with E-state index < -0.39 is 23.8 Å². The number of nitrogens with one attached hydrogen (secondary N) is 3. The molecule has 4 amide bonds. The minimum absolute atomic E-state index is 0.0425. The first-order valence-electron chi connectivity index (χ1n) is 6.31. The van der Waals surface area contributed by atoms with Crippen molar-refractivity contribution in [3.8, 4) is 6.07 Å². The number of H-pyrrole nitrogens is 1. The molecule has 1 aliphatic rings. The number of nitrogens with zero attached hydrogens (tertiary/aromatic N) is 2. The van der Waals surface area contributed by atoms with Crippen LogP contribution in [-0.2, 0) is 9.59 Å². The maximum Gasteiger partial charge on any atom is 0.328 e. The van der Waals surface area contributed by atoms with E-state index in [0.717, 1.165) is 5.52 Å². The maximum atomic E-state index is 11.7. The number of hydrogen-bond acceptors (Lipinski definition) is 5. The lowest BCUT2D eigenvalue weighted by Crippen LogP contribution is -2.55. The lowest BCUT2D eigenvalue weighted by atomic mass is 10.0. The minimum atomic E-state index is -1.26. The first kappa shape index (κ1) is 13.5. The van der Waals surface area contributed by atoms with Crippen LogP contribution >= 0.6 is 0 Å². The molecule has 8 heteroatoms. The molecule has 1 saturated heterocycles. The zero-order valence-electron chi connectivity index (χ0n) is 11.1. The van der Waals surface area contributed by atoms with Gasteiger partial charge in [-0.2, -0.15) is 5.26 Å². The van der Waals surface area contributed by atoms with Crippen LogP contribution in [0.5, 0.6) is 0 Å². The molecule has 1 fully saturated rings. The Hall–Kier alpha value is -3.47. The largest absolute Gasteiger partial charge is 0.337 e. The number of benzene rings is 1. The monoisotopic (exact) mass is 295 g/mol. The fourth-order valence-electron chi connectivity index (χ4n) is 2.10. The normalized spacial score (nSPS) is 16.3. The molecule has 22 heavy (non-hydrogen) atoms. The standard InChI is InChI=1S/C14H9N5O3/c15-6-7(5-8-12(20)18-14(22)19-13(8)21)11-16-9-3-1-2-4-10(9)17-11/h1-5,8H,(H,16,17)(H2,18,19,20,21,22)/b7-5-. The van der Waals surface area contributed by atoms with Gasteiger partial charge in [0.2, 0.25) is 11.8 Å². The number of rotatable bonds is 2. The zero-order valence-corrected chi connectivity index (χ0v) is 11.1. The molecule has 0 atom stereocenters. The van der Waals surface area contributed by atoms with Gasteiger partial charge in [0.15, 0.2) is 0 Å². The maximum absolute atomic E-state index is 11.7. The molecule has 0 bridgehead atoms. The first-order chi connectivity index (χ1) is 10.6. The van der Waals surface area contributed by atoms with E-state index >= 15 is 0 Å². The summed E-state index contributed by atoms with van der Waals surface area (Å²) in [7, 11) is 0. The number of fused-ring (bicyclic) bond motifs is 1. The second-order valence-electron chi connectivity index (χ2n) is 4.58. The number of imidazole rings is 1. The van der Waals surface area contributed by atoms with Crippen LogP contribution < -0.4 is 10.6 Å². The van der Waals surface area contributed by atoms with Crippen molar-refractivity contribution in [1.82, 2.24) is 20.6 Å². The molecule has 1 aliphatic heterocycles. The summed E-state index contributed by atoms with van der Waals surface area (Å²) < 4.78 is 0. The molecular formula is C14H9N5O3. The molecule has 0 saturated carbocycles. The number of carbonyl (C=O) groups excluding carboxylic acids is 3. The number of carbonyl (C=O) groups is 3. The summed E-state index contributed by atoms with van der Waals surface area (Å²) in [5.74, 6) is -2.57. The number of para-hydroxylation sites is 2. The summed E-state index contributed by atoms with van der Waals surface area (Å²) >= 11 is 0. The van der Waals surface area contributed by atoms with E-state index in [1.165, 1.54) is 6.08 Å². The van der Waals surface area contributed by atoms with Gasteiger partial charge in [-0.05, 0) is 18.2 Å². The third kappa shape index (κ3) is 2.31. The number of allylic oxidation sites excluding steroid dienone is 1. The highest BCUT2D eigenvalue weighted by Crippen LogP contribution is 2.19. The van der Waals surface area contributed by atoms with Crippen molar-refractivity contribution in [3.63, 3.8) is 0 Å². The van der Waals surface area contributed by atoms with Gasteiger partial charge >= 0.3 is 6.03 Å². The number of aromatic amines is 1. The van der Waals surface area contributed by atoms with Gasteiger partial charge in [-0.1, -0.05) is 12.1 Å². The fourth-order valence-corrected chi connectivity index (χ4v) is 2.10. The predicted octanol–water partition coefficient (Wildman–Crippen LogP) is 0.452. The van der Waals surface area contributed by atoms with Crippen LogP contribution in [-0.4, -0.2) is 27.8 Å². The molecule has 0 spiro atoms. The van der Waals surface area contributed by atoms with E-state index in [2.05, 4.69) is 9.97 Å². The molecule has 0 aliphatic carbocycles. The Morgan fingerprint density at radius 2 is 1.86 bits per heavy atom. The van der Waals surface area contributed by atoms with E-state index in [1.807, 2.05) is 22.8 Å². The second kappa shape index (κ2) is 5.14. The summed E-state index contributed by atoms with van der Waals surface area (Å²) in [5.41, 5.74) is 1.43. The number of barbiturate groups is 1. The Bertz CT molecular complexity index is 821. The number of urea groups is 1. The van der Waals surface area contributed by atoms with Crippen LogP contribution in [0, 0.1) is 17.2 Å². The van der Waals surface area contributed by atoms with E-state index in [4.69, 9.17) is 0 Å². The number of amides is 4. The average molecular weight is 295 g/mol. The smallest absolute Gasteiger partial charge is 0.328 e. The topological polar surface area (TPSA) is 128 Å². The summed E-state index contributed by atoms with van der Waals surface area (Å²) in [6.07, 6.45) is 1.18. The number of nitriles is 1. The Morgan fingerprint density at radius 1 is 1.18 bits per heavy atom. The van der Waals surface area contributed by atoms with Crippen LogP contribution in [0.2, 0.25) is 0 Å². The Balaban J connectivity index is 2.00. The van der Waals surface area contributed by atoms with Gasteiger partial charge in [-0.25, -0.2) is 9.78 Å². The quantitative estimate of drug-likeness (QED) is 0.547. The predicted molar refractivity (Wildman–Crippen MR) is 74.9 cm³/mol. The lowest BCUT2D eigenvalue weighted by Gasteiger charge is -2.17. The average Bonchev–Trinajstić information content (AvgIpc) is 2.90. The summed E-state index contributed by atoms with van der Waals surface area (Å²) in [6.45, 7) is 0. The van der Waals surface area contributed by atoms with Crippen LogP contribution in [0.15, 0.2) is 30.3 Å². The van der Waals surface area contributed by atoms with E-state index in [0.29, 0.717) is 5.52 Å². The second-order valence-corrected chi connectivity index (χ2v) is 4.58. The van der Waals surface area contributed by atoms with Crippen LogP contribution in [0.3, 0.4) is 0 Å². The molecule has 0 radical (unpaired) electrons. The van der Waals surface area contributed by atoms with Crippen molar-refractivity contribution in [1.29, 1.82) is 5.26 Å². The third-order valence-electron chi connectivity index (χ3n) is 3.14. The third-order valence-corrected chi connectivity index (χ3v) is 3.14. The van der Waals surface area contributed by atoms with Crippen molar-refractivity contribution < 1.29 is 14.4 Å². The molecule has 2 heterocycles. The minimum Gasteiger partial charge on any atom is -0.337 e. The molecule has 3 rings (SSSR count).